The molecule has 220 valence electrons. The van der Waals surface area contributed by atoms with E-state index in [1.54, 1.807) is 0 Å². The largest absolute Gasteiger partial charge is 0.481 e. The van der Waals surface area contributed by atoms with E-state index in [2.05, 4.69) is 21.3 Å². The summed E-state index contributed by atoms with van der Waals surface area (Å²) >= 11 is 0. The third-order valence-corrected chi connectivity index (χ3v) is 4.97. The highest BCUT2D eigenvalue weighted by Crippen LogP contribution is 2.03. The number of aliphatic carboxylic acids is 3. The summed E-state index contributed by atoms with van der Waals surface area (Å²) in [5.74, 6) is -8.40. The predicted octanol–water partition coefficient (Wildman–Crippen LogP) is -4.67. The van der Waals surface area contributed by atoms with Gasteiger partial charge >= 0.3 is 17.9 Å². The van der Waals surface area contributed by atoms with Crippen molar-refractivity contribution in [2.45, 2.75) is 62.7 Å². The van der Waals surface area contributed by atoms with Gasteiger partial charge in [-0.3, -0.25) is 34.8 Å². The SMILES string of the molecule is N=C(N)NCCC[C@H](NC(=O)[C@H](CC(=O)O)NC(=O)[C@H](CC(=O)O)NC(=O)[C@@H](N)CCCNC(=N)N)C(=O)O. The molecule has 0 aromatic heterocycles. The van der Waals surface area contributed by atoms with Gasteiger partial charge in [0.25, 0.3) is 0 Å². The van der Waals surface area contributed by atoms with E-state index in [1.807, 2.05) is 5.32 Å². The van der Waals surface area contributed by atoms with Crippen LogP contribution >= 0.6 is 0 Å². The maximum atomic E-state index is 12.8. The fourth-order valence-electron chi connectivity index (χ4n) is 3.05. The molecule has 4 atom stereocenters. The predicted molar refractivity (Wildman–Crippen MR) is 134 cm³/mol. The summed E-state index contributed by atoms with van der Waals surface area (Å²) in [4.78, 5) is 71.9. The zero-order chi connectivity index (χ0) is 30.1. The maximum absolute atomic E-state index is 12.8. The minimum absolute atomic E-state index is 0.0794. The van der Waals surface area contributed by atoms with Crippen molar-refractivity contribution in [3.63, 3.8) is 0 Å². The summed E-state index contributed by atoms with van der Waals surface area (Å²) < 4.78 is 0. The molecule has 0 bridgehead atoms. The Bertz CT molecular complexity index is 930. The van der Waals surface area contributed by atoms with Gasteiger partial charge in [0.2, 0.25) is 17.7 Å². The fourth-order valence-corrected chi connectivity index (χ4v) is 3.05. The van der Waals surface area contributed by atoms with Crippen molar-refractivity contribution in [1.82, 2.24) is 26.6 Å². The Morgan fingerprint density at radius 2 is 1.03 bits per heavy atom. The summed E-state index contributed by atoms with van der Waals surface area (Å²) in [6.07, 6.45) is -1.50. The second-order valence-electron chi connectivity index (χ2n) is 8.29. The molecule has 0 aliphatic heterocycles. The van der Waals surface area contributed by atoms with Crippen LogP contribution in [0.25, 0.3) is 0 Å². The van der Waals surface area contributed by atoms with Crippen molar-refractivity contribution in [2.75, 3.05) is 13.1 Å². The van der Waals surface area contributed by atoms with Crippen LogP contribution in [0.15, 0.2) is 0 Å². The van der Waals surface area contributed by atoms with E-state index in [4.69, 9.17) is 38.2 Å². The van der Waals surface area contributed by atoms with E-state index >= 15 is 0 Å². The second-order valence-corrected chi connectivity index (χ2v) is 8.29. The molecule has 19 nitrogen and oxygen atoms in total. The molecule has 0 aliphatic rings. The van der Waals surface area contributed by atoms with Crippen molar-refractivity contribution in [3.8, 4) is 0 Å². The summed E-state index contributed by atoms with van der Waals surface area (Å²) in [5.41, 5.74) is 16.0. The van der Waals surface area contributed by atoms with Crippen molar-refractivity contribution in [2.24, 2.45) is 17.2 Å². The third-order valence-electron chi connectivity index (χ3n) is 4.97. The Morgan fingerprint density at radius 1 is 0.641 bits per heavy atom. The van der Waals surface area contributed by atoms with E-state index in [9.17, 15) is 33.9 Å². The number of hydrogen-bond acceptors (Lipinski definition) is 9. The molecule has 0 aromatic carbocycles. The Balaban J connectivity index is 5.38. The number of guanidine groups is 2. The Kier molecular flexibility index (Phi) is 15.6. The minimum Gasteiger partial charge on any atom is -0.481 e. The number of carbonyl (C=O) groups excluding carboxylic acids is 3. The smallest absolute Gasteiger partial charge is 0.326 e. The summed E-state index contributed by atoms with van der Waals surface area (Å²) in [6.45, 7) is 0.349. The molecular weight excluding hydrogens is 524 g/mol. The van der Waals surface area contributed by atoms with E-state index in [0.29, 0.717) is 6.42 Å². The van der Waals surface area contributed by atoms with Gasteiger partial charge < -0.3 is 59.1 Å². The molecule has 39 heavy (non-hydrogen) atoms. The number of amides is 3. The molecule has 0 unspecified atom stereocenters. The maximum Gasteiger partial charge on any atom is 0.326 e. The van der Waals surface area contributed by atoms with E-state index in [-0.39, 0.29) is 44.3 Å². The molecule has 16 N–H and O–H groups in total. The lowest BCUT2D eigenvalue weighted by Gasteiger charge is -2.24. The number of nitrogens with two attached hydrogens (primary N) is 3. The molecule has 19 heteroatoms. The van der Waals surface area contributed by atoms with Crippen LogP contribution in [0.2, 0.25) is 0 Å². The monoisotopic (exact) mass is 560 g/mol. The van der Waals surface area contributed by atoms with E-state index in [1.165, 1.54) is 0 Å². The number of carboxylic acids is 3. The summed E-state index contributed by atoms with van der Waals surface area (Å²) in [6, 6.07) is -6.21. The lowest BCUT2D eigenvalue weighted by atomic mass is 10.1. The first kappa shape index (κ1) is 34.3. The molecule has 0 fully saturated rings. The number of carboxylic acid groups (broad SMARTS) is 3. The number of rotatable bonds is 19. The van der Waals surface area contributed by atoms with Crippen LogP contribution in [0, 0.1) is 10.8 Å². The van der Waals surface area contributed by atoms with E-state index < -0.39 is 72.6 Å². The minimum atomic E-state index is -1.81. The second kappa shape index (κ2) is 17.7. The normalized spacial score (nSPS) is 13.5. The lowest BCUT2D eigenvalue weighted by molar-refractivity contribution is -0.145. The highest BCUT2D eigenvalue weighted by molar-refractivity contribution is 5.96. The van der Waals surface area contributed by atoms with Gasteiger partial charge in [-0.05, 0) is 25.7 Å². The first-order valence-electron chi connectivity index (χ1n) is 11.6. The van der Waals surface area contributed by atoms with Gasteiger partial charge in [-0.15, -0.1) is 0 Å². The van der Waals surface area contributed by atoms with Gasteiger partial charge in [0, 0.05) is 13.1 Å². The molecule has 0 rings (SSSR count). The average molecular weight is 561 g/mol. The molecule has 0 aromatic rings. The van der Waals surface area contributed by atoms with Gasteiger partial charge in [-0.1, -0.05) is 0 Å². The third kappa shape index (κ3) is 15.9. The van der Waals surface area contributed by atoms with Crippen LogP contribution in [-0.4, -0.2) is 100 Å². The molecule has 0 spiro atoms. The van der Waals surface area contributed by atoms with Crippen molar-refractivity contribution >= 4 is 47.5 Å². The molecule has 0 saturated carbocycles. The van der Waals surface area contributed by atoms with Crippen LogP contribution < -0.4 is 43.8 Å². The van der Waals surface area contributed by atoms with E-state index in [0.717, 1.165) is 0 Å². The quantitative estimate of drug-likeness (QED) is 0.0401. The van der Waals surface area contributed by atoms with Crippen molar-refractivity contribution in [1.29, 1.82) is 10.8 Å². The molecular formula is C20H36N10O9. The van der Waals surface area contributed by atoms with Crippen LogP contribution in [0.3, 0.4) is 0 Å². The van der Waals surface area contributed by atoms with Gasteiger partial charge in [0.05, 0.1) is 18.9 Å². The zero-order valence-corrected chi connectivity index (χ0v) is 21.0. The Labute approximate surface area is 222 Å². The molecule has 0 radical (unpaired) electrons. The Hall–Kier alpha value is -4.68. The standard InChI is InChI=1S/C20H36N10O9/c21-9(3-1-5-26-19(22)23)15(35)29-11(7-13(31)32)17(37)30-12(8-14(33)34)16(36)28-10(18(38)39)4-2-6-27-20(24)25/h9-12H,1-8,21H2,(H,28,36)(H,29,35)(H,30,37)(H,31,32)(H,33,34)(H,38,39)(H4,22,23,26)(H4,24,25,27)/t9-,10-,11-,12-/m0/s1. The first-order valence-corrected chi connectivity index (χ1v) is 11.6. The highest BCUT2D eigenvalue weighted by atomic mass is 16.4. The van der Waals surface area contributed by atoms with Crippen LogP contribution in [0.5, 0.6) is 0 Å². The first-order chi connectivity index (χ1) is 18.1. The average Bonchev–Trinajstić information content (AvgIpc) is 2.81. The van der Waals surface area contributed by atoms with Gasteiger partial charge in [0.15, 0.2) is 11.9 Å². The number of nitrogens with one attached hydrogen (secondary N) is 7. The van der Waals surface area contributed by atoms with Crippen molar-refractivity contribution < 1.29 is 44.1 Å². The fraction of sp³-hybridized carbons (Fsp3) is 0.600. The van der Waals surface area contributed by atoms with Gasteiger partial charge in [0.1, 0.15) is 18.1 Å². The highest BCUT2D eigenvalue weighted by Gasteiger charge is 2.32. The van der Waals surface area contributed by atoms with Crippen molar-refractivity contribution in [3.05, 3.63) is 0 Å². The molecule has 0 heterocycles. The number of hydrogen-bond donors (Lipinski definition) is 13. The van der Waals surface area contributed by atoms with Crippen LogP contribution in [-0.2, 0) is 28.8 Å². The van der Waals surface area contributed by atoms with Crippen LogP contribution in [0.4, 0.5) is 0 Å². The van der Waals surface area contributed by atoms with Gasteiger partial charge in [-0.25, -0.2) is 4.79 Å². The molecule has 3 amide bonds. The molecule has 0 saturated heterocycles. The van der Waals surface area contributed by atoms with Gasteiger partial charge in [-0.2, -0.15) is 0 Å². The number of carbonyl (C=O) groups is 6. The topological polar surface area (TPSA) is 349 Å². The van der Waals surface area contributed by atoms with Crippen LogP contribution in [0.1, 0.15) is 38.5 Å². The Morgan fingerprint density at radius 3 is 1.41 bits per heavy atom. The lowest BCUT2D eigenvalue weighted by Crippen LogP contribution is -2.58. The summed E-state index contributed by atoms with van der Waals surface area (Å²) in [5, 5.41) is 53.0. The molecule has 0 aliphatic carbocycles. The zero-order valence-electron chi connectivity index (χ0n) is 21.0. The summed E-state index contributed by atoms with van der Waals surface area (Å²) in [7, 11) is 0.